The van der Waals surface area contributed by atoms with Crippen LogP contribution in [0, 0.1) is 5.92 Å². The Kier molecular flexibility index (Phi) is 6.34. The van der Waals surface area contributed by atoms with Gasteiger partial charge < -0.3 is 15.0 Å². The smallest absolute Gasteiger partial charge is 0.260 e. The van der Waals surface area contributed by atoms with Crippen LogP contribution in [0.1, 0.15) is 44.2 Å². The van der Waals surface area contributed by atoms with Crippen molar-refractivity contribution >= 4 is 17.5 Å². The van der Waals surface area contributed by atoms with Crippen LogP contribution < -0.4 is 10.1 Å². The molecule has 0 bridgehead atoms. The van der Waals surface area contributed by atoms with E-state index >= 15 is 0 Å². The number of benzene rings is 2. The number of carbonyl (C=O) groups is 2. The largest absolute Gasteiger partial charge is 0.483 e. The Hall–Kier alpha value is -2.82. The second kappa shape index (κ2) is 8.91. The Bertz CT molecular complexity index is 833. The van der Waals surface area contributed by atoms with Crippen LogP contribution in [0.25, 0.3) is 0 Å². The highest BCUT2D eigenvalue weighted by Crippen LogP contribution is 2.28. The topological polar surface area (TPSA) is 58.6 Å². The number of carbonyl (C=O) groups excluding carboxylic acids is 2. The molecule has 0 saturated heterocycles. The number of nitrogens with one attached hydrogen (secondary N) is 1. The predicted molar refractivity (Wildman–Crippen MR) is 110 cm³/mol. The van der Waals surface area contributed by atoms with Gasteiger partial charge in [0.2, 0.25) is 5.91 Å². The first kappa shape index (κ1) is 19.9. The van der Waals surface area contributed by atoms with Gasteiger partial charge in [-0.1, -0.05) is 51.1 Å². The summed E-state index contributed by atoms with van der Waals surface area (Å²) in [5, 5.41) is 3.03. The minimum atomic E-state index is -0.199. The zero-order chi connectivity index (χ0) is 20.1. The Morgan fingerprint density at radius 1 is 1.18 bits per heavy atom. The number of hydrogen-bond donors (Lipinski definition) is 1. The van der Waals surface area contributed by atoms with E-state index in [0.29, 0.717) is 24.8 Å². The lowest BCUT2D eigenvalue weighted by Gasteiger charge is -2.22. The van der Waals surface area contributed by atoms with Crippen molar-refractivity contribution in [1.82, 2.24) is 4.90 Å². The highest BCUT2D eigenvalue weighted by atomic mass is 16.5. The fraction of sp³-hybridized carbons (Fsp3) is 0.391. The summed E-state index contributed by atoms with van der Waals surface area (Å²) in [5.41, 5.74) is 2.65. The number of anilines is 1. The minimum absolute atomic E-state index is 0.00869. The summed E-state index contributed by atoms with van der Waals surface area (Å²) in [4.78, 5) is 27.0. The number of hydrogen-bond acceptors (Lipinski definition) is 3. The van der Waals surface area contributed by atoms with Crippen LogP contribution in [0.5, 0.6) is 5.75 Å². The maximum Gasteiger partial charge on any atom is 0.260 e. The van der Waals surface area contributed by atoms with Crippen molar-refractivity contribution in [1.29, 1.82) is 0 Å². The molecule has 1 aliphatic rings. The summed E-state index contributed by atoms with van der Waals surface area (Å²) in [6.45, 7) is 7.42. The number of fused-ring (bicyclic) bond motifs is 1. The van der Waals surface area contributed by atoms with Gasteiger partial charge in [0.1, 0.15) is 5.75 Å². The summed E-state index contributed by atoms with van der Waals surface area (Å²) in [6.07, 6.45) is 0.723. The number of rotatable bonds is 6. The van der Waals surface area contributed by atoms with Crippen LogP contribution in [0.15, 0.2) is 48.5 Å². The molecule has 2 aromatic carbocycles. The molecule has 0 aliphatic carbocycles. The molecule has 5 nitrogen and oxygen atoms in total. The van der Waals surface area contributed by atoms with Crippen molar-refractivity contribution in [2.45, 2.75) is 39.7 Å². The van der Waals surface area contributed by atoms with Crippen molar-refractivity contribution in [3.63, 3.8) is 0 Å². The fourth-order valence-electron chi connectivity index (χ4n) is 3.54. The highest BCUT2D eigenvalue weighted by Gasteiger charge is 2.23. The molecule has 1 atom stereocenters. The molecule has 5 heteroatoms. The SMILES string of the molecule is CCC(C(=O)Nc1ccc2c(c1)CN(CC(C)C)C(=O)CO2)c1ccccc1. The van der Waals surface area contributed by atoms with Crippen LogP contribution in [-0.4, -0.2) is 29.9 Å². The molecule has 2 aromatic rings. The fourth-order valence-corrected chi connectivity index (χ4v) is 3.54. The van der Waals surface area contributed by atoms with E-state index in [1.54, 1.807) is 0 Å². The third-order valence-corrected chi connectivity index (χ3v) is 4.91. The van der Waals surface area contributed by atoms with Gasteiger partial charge in [-0.15, -0.1) is 0 Å². The first-order chi connectivity index (χ1) is 13.5. The van der Waals surface area contributed by atoms with Gasteiger partial charge >= 0.3 is 0 Å². The molecule has 0 saturated carbocycles. The van der Waals surface area contributed by atoms with E-state index in [-0.39, 0.29) is 24.3 Å². The Labute approximate surface area is 166 Å². The van der Waals surface area contributed by atoms with Gasteiger partial charge in [0, 0.05) is 24.3 Å². The summed E-state index contributed by atoms with van der Waals surface area (Å²) in [5.74, 6) is 0.844. The van der Waals surface area contributed by atoms with Crippen molar-refractivity contribution in [2.75, 3.05) is 18.5 Å². The summed E-state index contributed by atoms with van der Waals surface area (Å²) < 4.78 is 5.67. The lowest BCUT2D eigenvalue weighted by Crippen LogP contribution is -2.35. The molecule has 3 rings (SSSR count). The van der Waals surface area contributed by atoms with Crippen molar-refractivity contribution in [2.24, 2.45) is 5.92 Å². The highest BCUT2D eigenvalue weighted by molar-refractivity contribution is 5.96. The van der Waals surface area contributed by atoms with E-state index in [1.165, 1.54) is 0 Å². The molecule has 2 amide bonds. The second-order valence-corrected chi connectivity index (χ2v) is 7.64. The van der Waals surface area contributed by atoms with Crippen LogP contribution >= 0.6 is 0 Å². The number of ether oxygens (including phenoxy) is 1. The molecular weight excluding hydrogens is 352 g/mol. The maximum absolute atomic E-state index is 12.8. The molecule has 0 spiro atoms. The average molecular weight is 380 g/mol. The van der Waals surface area contributed by atoms with Gasteiger partial charge in [-0.25, -0.2) is 0 Å². The van der Waals surface area contributed by atoms with Gasteiger partial charge in [0.15, 0.2) is 6.61 Å². The lowest BCUT2D eigenvalue weighted by molar-refractivity contribution is -0.133. The zero-order valence-electron chi connectivity index (χ0n) is 16.8. The predicted octanol–water partition coefficient (Wildman–Crippen LogP) is 4.20. The Balaban J connectivity index is 1.77. The van der Waals surface area contributed by atoms with E-state index < -0.39 is 0 Å². The molecule has 0 fully saturated rings. The van der Waals surface area contributed by atoms with Crippen LogP contribution in [0.3, 0.4) is 0 Å². The molecule has 148 valence electrons. The third-order valence-electron chi connectivity index (χ3n) is 4.91. The van der Waals surface area contributed by atoms with Gasteiger partial charge in [-0.2, -0.15) is 0 Å². The first-order valence-electron chi connectivity index (χ1n) is 9.87. The van der Waals surface area contributed by atoms with Gasteiger partial charge in [0.05, 0.1) is 5.92 Å². The van der Waals surface area contributed by atoms with E-state index in [2.05, 4.69) is 19.2 Å². The van der Waals surface area contributed by atoms with Crippen LogP contribution in [0.4, 0.5) is 5.69 Å². The molecule has 1 heterocycles. The minimum Gasteiger partial charge on any atom is -0.483 e. The second-order valence-electron chi connectivity index (χ2n) is 7.64. The quantitative estimate of drug-likeness (QED) is 0.817. The van der Waals surface area contributed by atoms with Crippen molar-refractivity contribution < 1.29 is 14.3 Å². The van der Waals surface area contributed by atoms with Crippen molar-refractivity contribution in [3.8, 4) is 5.75 Å². The first-order valence-corrected chi connectivity index (χ1v) is 9.87. The van der Waals surface area contributed by atoms with Crippen LogP contribution in [-0.2, 0) is 16.1 Å². The average Bonchev–Trinajstić information content (AvgIpc) is 2.82. The number of amides is 2. The molecule has 1 aliphatic heterocycles. The molecule has 1 N–H and O–H groups in total. The third kappa shape index (κ3) is 4.71. The number of nitrogens with zero attached hydrogens (tertiary/aromatic N) is 1. The van der Waals surface area contributed by atoms with Crippen molar-refractivity contribution in [3.05, 3.63) is 59.7 Å². The standard InChI is InChI=1S/C23H28N2O3/c1-4-20(17-8-6-5-7-9-17)23(27)24-19-10-11-21-18(12-19)14-25(13-16(2)3)22(26)15-28-21/h5-12,16,20H,4,13-15H2,1-3H3,(H,24,27). The molecule has 0 radical (unpaired) electrons. The van der Waals surface area contributed by atoms with E-state index in [1.807, 2.05) is 60.4 Å². The van der Waals surface area contributed by atoms with E-state index in [0.717, 1.165) is 23.2 Å². The van der Waals surface area contributed by atoms with Gasteiger partial charge in [-0.3, -0.25) is 9.59 Å². The van der Waals surface area contributed by atoms with E-state index in [4.69, 9.17) is 4.74 Å². The zero-order valence-corrected chi connectivity index (χ0v) is 16.8. The molecule has 28 heavy (non-hydrogen) atoms. The summed E-state index contributed by atoms with van der Waals surface area (Å²) in [7, 11) is 0. The normalized spacial score (nSPS) is 14.9. The summed E-state index contributed by atoms with van der Waals surface area (Å²) >= 11 is 0. The molecular formula is C23H28N2O3. The van der Waals surface area contributed by atoms with E-state index in [9.17, 15) is 9.59 Å². The maximum atomic E-state index is 12.8. The molecule has 1 unspecified atom stereocenters. The Morgan fingerprint density at radius 2 is 1.93 bits per heavy atom. The molecule has 0 aromatic heterocycles. The Morgan fingerprint density at radius 3 is 2.61 bits per heavy atom. The van der Waals surface area contributed by atoms with Crippen LogP contribution in [0.2, 0.25) is 0 Å². The van der Waals surface area contributed by atoms with Gasteiger partial charge in [0.25, 0.3) is 5.91 Å². The monoisotopic (exact) mass is 380 g/mol. The summed E-state index contributed by atoms with van der Waals surface area (Å²) in [6, 6.07) is 15.4. The van der Waals surface area contributed by atoms with Gasteiger partial charge in [-0.05, 0) is 36.1 Å². The lowest BCUT2D eigenvalue weighted by atomic mass is 9.95.